The first-order valence-electron chi connectivity index (χ1n) is 19.4. The predicted octanol–water partition coefficient (Wildman–Crippen LogP) is 11.2. The lowest BCUT2D eigenvalue weighted by molar-refractivity contribution is -0.154. The molecule has 0 bridgehead atoms. The van der Waals surface area contributed by atoms with Gasteiger partial charge in [0.15, 0.2) is 0 Å². The van der Waals surface area contributed by atoms with Gasteiger partial charge in [-0.05, 0) is 64.2 Å². The molecule has 0 aliphatic carbocycles. The highest BCUT2D eigenvalue weighted by Crippen LogP contribution is 2.43. The number of unbranched alkanes of at least 4 members (excludes halogenated alkanes) is 11. The Morgan fingerprint density at radius 1 is 0.620 bits per heavy atom. The SMILES string of the molecule is CC/C=C\C/C=C\C/C=C\C/C=C\C/C=C\C/C=C\CCCCCCCCCOCC(COP(=O)(O)OCCN)OC(=O)CCCCCCC. The molecule has 0 rings (SSSR count). The van der Waals surface area contributed by atoms with Crippen LogP contribution < -0.4 is 5.73 Å². The molecule has 0 aromatic heterocycles. The first kappa shape index (κ1) is 47.9. The smallest absolute Gasteiger partial charge is 0.457 e. The Labute approximate surface area is 305 Å². The number of ether oxygens (including phenoxy) is 2. The highest BCUT2D eigenvalue weighted by Gasteiger charge is 2.25. The van der Waals surface area contributed by atoms with Gasteiger partial charge >= 0.3 is 13.8 Å². The molecule has 0 fully saturated rings. The highest BCUT2D eigenvalue weighted by atomic mass is 31.2. The summed E-state index contributed by atoms with van der Waals surface area (Å²) >= 11 is 0. The average molecular weight is 722 g/mol. The standard InChI is InChI=1S/C41H72NO7P/c1-3-5-7-9-10-11-12-13-14-15-16-17-18-19-20-21-22-23-24-25-26-27-28-29-31-33-36-46-38-40(39-48-50(44,45)47-37-35-42)49-41(43)34-32-30-8-6-4-2/h5,7,10-11,13-14,16-17,19-20,22-23,40H,3-4,6,8-9,12,15,18,21,24-39,42H2,1-2H3,(H,44,45)/b7-5-,11-10-,14-13-,17-16-,20-19-,23-22-. The molecule has 0 saturated heterocycles. The van der Waals surface area contributed by atoms with Crippen molar-refractivity contribution in [3.8, 4) is 0 Å². The molecule has 2 atom stereocenters. The summed E-state index contributed by atoms with van der Waals surface area (Å²) in [6.07, 6.45) is 46.8. The summed E-state index contributed by atoms with van der Waals surface area (Å²) < 4.78 is 33.0. The van der Waals surface area contributed by atoms with Crippen LogP contribution in [0.5, 0.6) is 0 Å². The van der Waals surface area contributed by atoms with Crippen molar-refractivity contribution in [3.05, 3.63) is 72.9 Å². The largest absolute Gasteiger partial charge is 0.472 e. The monoisotopic (exact) mass is 722 g/mol. The topological polar surface area (TPSA) is 117 Å². The Hall–Kier alpha value is -2.06. The molecule has 0 saturated carbocycles. The summed E-state index contributed by atoms with van der Waals surface area (Å²) in [7, 11) is -4.27. The number of carbonyl (C=O) groups excluding carboxylic acids is 1. The second-order valence-corrected chi connectivity index (χ2v) is 13.9. The van der Waals surface area contributed by atoms with E-state index in [2.05, 4.69) is 86.8 Å². The maximum absolute atomic E-state index is 12.3. The normalized spacial score (nSPS) is 14.4. The molecule has 9 heteroatoms. The minimum absolute atomic E-state index is 0.0950. The molecular formula is C41H72NO7P. The molecule has 0 amide bonds. The molecule has 0 spiro atoms. The molecule has 0 aromatic rings. The van der Waals surface area contributed by atoms with Crippen LogP contribution >= 0.6 is 7.82 Å². The third-order valence-corrected chi connectivity index (χ3v) is 8.62. The lowest BCUT2D eigenvalue weighted by Gasteiger charge is -2.20. The van der Waals surface area contributed by atoms with Crippen molar-refractivity contribution in [1.82, 2.24) is 0 Å². The van der Waals surface area contributed by atoms with E-state index in [-0.39, 0.29) is 32.3 Å². The fourth-order valence-corrected chi connectivity index (χ4v) is 5.59. The van der Waals surface area contributed by atoms with Gasteiger partial charge in [0.1, 0.15) is 6.10 Å². The van der Waals surface area contributed by atoms with E-state index in [0.29, 0.717) is 13.0 Å². The highest BCUT2D eigenvalue weighted by molar-refractivity contribution is 7.47. The summed E-state index contributed by atoms with van der Waals surface area (Å²) in [6.45, 7) is 4.66. The molecule has 288 valence electrons. The summed E-state index contributed by atoms with van der Waals surface area (Å²) in [5.41, 5.74) is 5.33. The van der Waals surface area contributed by atoms with Crippen LogP contribution in [0.2, 0.25) is 0 Å². The third-order valence-electron chi connectivity index (χ3n) is 7.64. The Morgan fingerprint density at radius 2 is 1.12 bits per heavy atom. The van der Waals surface area contributed by atoms with Gasteiger partial charge in [-0.15, -0.1) is 0 Å². The number of rotatable bonds is 36. The van der Waals surface area contributed by atoms with Gasteiger partial charge in [0.25, 0.3) is 0 Å². The van der Waals surface area contributed by atoms with E-state index in [1.54, 1.807) is 0 Å². The summed E-state index contributed by atoms with van der Waals surface area (Å²) in [5.74, 6) is -0.352. The second kappa shape index (κ2) is 38.2. The van der Waals surface area contributed by atoms with E-state index in [4.69, 9.17) is 24.3 Å². The van der Waals surface area contributed by atoms with Crippen LogP contribution in [0.1, 0.15) is 142 Å². The molecule has 8 nitrogen and oxygen atoms in total. The number of carbonyl (C=O) groups is 1. The van der Waals surface area contributed by atoms with E-state index < -0.39 is 13.9 Å². The van der Waals surface area contributed by atoms with Crippen LogP contribution in [0, 0.1) is 0 Å². The Balaban J connectivity index is 3.90. The number of nitrogens with two attached hydrogens (primary N) is 1. The fraction of sp³-hybridized carbons (Fsp3) is 0.683. The number of hydrogen-bond donors (Lipinski definition) is 2. The zero-order chi connectivity index (χ0) is 36.6. The molecule has 0 aliphatic rings. The zero-order valence-corrected chi connectivity index (χ0v) is 32.5. The quantitative estimate of drug-likeness (QED) is 0.0284. The average Bonchev–Trinajstić information content (AvgIpc) is 3.10. The summed E-state index contributed by atoms with van der Waals surface area (Å²) in [5, 5.41) is 0. The molecule has 3 N–H and O–H groups in total. The molecule has 0 radical (unpaired) electrons. The zero-order valence-electron chi connectivity index (χ0n) is 31.6. The third kappa shape index (κ3) is 37.2. The van der Waals surface area contributed by atoms with Crippen LogP contribution in [0.15, 0.2) is 72.9 Å². The molecular weight excluding hydrogens is 649 g/mol. The van der Waals surface area contributed by atoms with Gasteiger partial charge in [-0.25, -0.2) is 4.57 Å². The minimum atomic E-state index is -4.27. The predicted molar refractivity (Wildman–Crippen MR) is 210 cm³/mol. The van der Waals surface area contributed by atoms with E-state index in [9.17, 15) is 14.3 Å². The lowest BCUT2D eigenvalue weighted by Crippen LogP contribution is -2.28. The summed E-state index contributed by atoms with van der Waals surface area (Å²) in [6, 6.07) is 0. The van der Waals surface area contributed by atoms with E-state index in [0.717, 1.165) is 96.3 Å². The van der Waals surface area contributed by atoms with Gasteiger partial charge in [-0.3, -0.25) is 13.8 Å². The molecule has 0 aliphatic heterocycles. The number of esters is 1. The fourth-order valence-electron chi connectivity index (χ4n) is 4.82. The number of allylic oxidation sites excluding steroid dienone is 12. The van der Waals surface area contributed by atoms with Crippen molar-refractivity contribution in [1.29, 1.82) is 0 Å². The van der Waals surface area contributed by atoms with E-state index in [1.807, 2.05) is 0 Å². The van der Waals surface area contributed by atoms with Crippen molar-refractivity contribution in [2.45, 2.75) is 148 Å². The minimum Gasteiger partial charge on any atom is -0.457 e. The number of phosphoric ester groups is 1. The van der Waals surface area contributed by atoms with Crippen LogP contribution in [0.4, 0.5) is 0 Å². The van der Waals surface area contributed by atoms with Crippen LogP contribution in [-0.4, -0.2) is 49.9 Å². The first-order chi connectivity index (χ1) is 24.4. The van der Waals surface area contributed by atoms with E-state index in [1.165, 1.54) is 25.7 Å². The summed E-state index contributed by atoms with van der Waals surface area (Å²) in [4.78, 5) is 22.1. The van der Waals surface area contributed by atoms with E-state index >= 15 is 0 Å². The first-order valence-corrected chi connectivity index (χ1v) is 20.9. The van der Waals surface area contributed by atoms with Crippen LogP contribution in [-0.2, 0) is 27.9 Å². The van der Waals surface area contributed by atoms with Gasteiger partial charge in [0.2, 0.25) is 0 Å². The molecule has 0 heterocycles. The Morgan fingerprint density at radius 3 is 1.68 bits per heavy atom. The van der Waals surface area contributed by atoms with Crippen molar-refractivity contribution in [2.75, 3.05) is 33.0 Å². The van der Waals surface area contributed by atoms with Crippen molar-refractivity contribution >= 4 is 13.8 Å². The van der Waals surface area contributed by atoms with Crippen LogP contribution in [0.3, 0.4) is 0 Å². The van der Waals surface area contributed by atoms with Crippen molar-refractivity contribution < 1.29 is 32.8 Å². The van der Waals surface area contributed by atoms with Crippen molar-refractivity contribution in [2.24, 2.45) is 5.73 Å². The van der Waals surface area contributed by atoms with Crippen molar-refractivity contribution in [3.63, 3.8) is 0 Å². The molecule has 0 aromatic carbocycles. The number of phosphoric acid groups is 1. The molecule has 2 unspecified atom stereocenters. The Bertz CT molecular complexity index is 989. The van der Waals surface area contributed by atoms with Gasteiger partial charge in [0, 0.05) is 19.6 Å². The Kier molecular flexibility index (Phi) is 36.6. The molecule has 50 heavy (non-hydrogen) atoms. The van der Waals surface area contributed by atoms with Gasteiger partial charge in [0.05, 0.1) is 19.8 Å². The number of hydrogen-bond acceptors (Lipinski definition) is 7. The lowest BCUT2D eigenvalue weighted by atomic mass is 10.1. The maximum Gasteiger partial charge on any atom is 0.472 e. The second-order valence-electron chi connectivity index (χ2n) is 12.4. The van der Waals surface area contributed by atoms with Crippen LogP contribution in [0.25, 0.3) is 0 Å². The van der Waals surface area contributed by atoms with Gasteiger partial charge in [-0.1, -0.05) is 145 Å². The van der Waals surface area contributed by atoms with Gasteiger partial charge in [-0.2, -0.15) is 0 Å². The maximum atomic E-state index is 12.3. The van der Waals surface area contributed by atoms with Gasteiger partial charge < -0.3 is 20.1 Å².